The highest BCUT2D eigenvalue weighted by atomic mass is 32.2. The van der Waals surface area contributed by atoms with E-state index in [-0.39, 0.29) is 11.7 Å². The standard InChI is InChI=1S/C21H21N5O2S2/c27-20-15-6-1-2-7-16(15)22-18(23-20)9-12-30-21-25-24-19(17-8-4-11-29-17)26(21)13-14-5-3-10-28-14/h1-2,4,6-8,11,14H,3,5,9-10,12-13H2,(H,22,23,27). The van der Waals surface area contributed by atoms with Gasteiger partial charge in [-0.05, 0) is 36.4 Å². The number of para-hydroxylation sites is 1. The van der Waals surface area contributed by atoms with Crippen LogP contribution in [-0.2, 0) is 17.7 Å². The Labute approximate surface area is 181 Å². The molecule has 0 saturated carbocycles. The molecule has 1 unspecified atom stereocenters. The molecule has 1 saturated heterocycles. The number of nitrogens with zero attached hydrogens (tertiary/aromatic N) is 4. The fraction of sp³-hybridized carbons (Fsp3) is 0.333. The number of H-pyrrole nitrogens is 1. The number of aryl methyl sites for hydroxylation is 1. The van der Waals surface area contributed by atoms with E-state index in [4.69, 9.17) is 4.74 Å². The zero-order chi connectivity index (χ0) is 20.3. The lowest BCUT2D eigenvalue weighted by atomic mass is 10.2. The van der Waals surface area contributed by atoms with Crippen LogP contribution in [0.3, 0.4) is 0 Å². The number of hydrogen-bond acceptors (Lipinski definition) is 7. The molecular formula is C21H21N5O2S2. The van der Waals surface area contributed by atoms with Crippen LogP contribution in [0.1, 0.15) is 18.7 Å². The third-order valence-corrected chi connectivity index (χ3v) is 6.93. The number of aromatic nitrogens is 5. The van der Waals surface area contributed by atoms with Crippen LogP contribution in [0.5, 0.6) is 0 Å². The molecule has 5 rings (SSSR count). The van der Waals surface area contributed by atoms with Gasteiger partial charge in [0.05, 0.1) is 28.4 Å². The molecule has 1 atom stereocenters. The maximum absolute atomic E-state index is 12.3. The van der Waals surface area contributed by atoms with E-state index in [0.717, 1.165) is 53.1 Å². The monoisotopic (exact) mass is 439 g/mol. The Balaban J connectivity index is 1.34. The lowest BCUT2D eigenvalue weighted by Gasteiger charge is -2.14. The summed E-state index contributed by atoms with van der Waals surface area (Å²) in [6.45, 7) is 1.58. The van der Waals surface area contributed by atoms with Crippen LogP contribution in [0.2, 0.25) is 0 Å². The first-order valence-electron chi connectivity index (χ1n) is 9.97. The number of rotatable bonds is 7. The first kappa shape index (κ1) is 19.5. The van der Waals surface area contributed by atoms with Crippen LogP contribution in [0.4, 0.5) is 0 Å². The second kappa shape index (κ2) is 8.71. The molecule has 9 heteroatoms. The number of thioether (sulfide) groups is 1. The first-order valence-corrected chi connectivity index (χ1v) is 11.8. The van der Waals surface area contributed by atoms with Crippen molar-refractivity contribution in [2.75, 3.05) is 12.4 Å². The van der Waals surface area contributed by atoms with Crippen molar-refractivity contribution in [3.8, 4) is 10.7 Å². The molecule has 1 aromatic carbocycles. The molecule has 0 bridgehead atoms. The lowest BCUT2D eigenvalue weighted by molar-refractivity contribution is 0.0953. The average Bonchev–Trinajstić information content (AvgIpc) is 3.51. The van der Waals surface area contributed by atoms with Crippen molar-refractivity contribution in [2.24, 2.45) is 0 Å². The van der Waals surface area contributed by atoms with Gasteiger partial charge in [-0.1, -0.05) is 30.0 Å². The molecule has 1 fully saturated rings. The van der Waals surface area contributed by atoms with Gasteiger partial charge in [0.2, 0.25) is 0 Å². The highest BCUT2D eigenvalue weighted by Gasteiger charge is 2.22. The predicted molar refractivity (Wildman–Crippen MR) is 119 cm³/mol. The fourth-order valence-electron chi connectivity index (χ4n) is 3.63. The van der Waals surface area contributed by atoms with Crippen molar-refractivity contribution in [3.05, 3.63) is 58.0 Å². The van der Waals surface area contributed by atoms with Crippen molar-refractivity contribution in [1.82, 2.24) is 24.7 Å². The van der Waals surface area contributed by atoms with Crippen LogP contribution >= 0.6 is 23.1 Å². The normalized spacial score (nSPS) is 16.5. The summed E-state index contributed by atoms with van der Waals surface area (Å²) in [6, 6.07) is 11.5. The van der Waals surface area contributed by atoms with Crippen molar-refractivity contribution >= 4 is 34.0 Å². The van der Waals surface area contributed by atoms with Gasteiger partial charge in [-0.25, -0.2) is 4.98 Å². The molecule has 1 aliphatic rings. The minimum Gasteiger partial charge on any atom is -0.376 e. The summed E-state index contributed by atoms with van der Waals surface area (Å²) in [5.74, 6) is 2.32. The molecular weight excluding hydrogens is 418 g/mol. The van der Waals surface area contributed by atoms with Crippen molar-refractivity contribution in [1.29, 1.82) is 0 Å². The van der Waals surface area contributed by atoms with Gasteiger partial charge in [0.1, 0.15) is 5.82 Å². The highest BCUT2D eigenvalue weighted by molar-refractivity contribution is 7.99. The van der Waals surface area contributed by atoms with Crippen LogP contribution in [-0.4, -0.2) is 43.2 Å². The van der Waals surface area contributed by atoms with Crippen molar-refractivity contribution in [2.45, 2.75) is 37.1 Å². The van der Waals surface area contributed by atoms with E-state index in [1.54, 1.807) is 29.2 Å². The largest absolute Gasteiger partial charge is 0.376 e. The van der Waals surface area contributed by atoms with Gasteiger partial charge in [-0.2, -0.15) is 0 Å². The molecule has 1 aliphatic heterocycles. The summed E-state index contributed by atoms with van der Waals surface area (Å²) in [5.41, 5.74) is 0.630. The number of thiophene rings is 1. The number of hydrogen-bond donors (Lipinski definition) is 1. The molecule has 0 amide bonds. The third kappa shape index (κ3) is 4.05. The second-order valence-electron chi connectivity index (χ2n) is 7.16. The molecule has 7 nitrogen and oxygen atoms in total. The van der Waals surface area contributed by atoms with E-state index in [1.807, 2.05) is 24.3 Å². The van der Waals surface area contributed by atoms with Gasteiger partial charge < -0.3 is 9.72 Å². The van der Waals surface area contributed by atoms with Gasteiger partial charge in [-0.3, -0.25) is 9.36 Å². The van der Waals surface area contributed by atoms with E-state index in [2.05, 4.69) is 36.2 Å². The fourth-order valence-corrected chi connectivity index (χ4v) is 5.24. The molecule has 0 radical (unpaired) electrons. The molecule has 0 spiro atoms. The predicted octanol–water partition coefficient (Wildman–Crippen LogP) is 3.76. The topological polar surface area (TPSA) is 85.7 Å². The first-order chi connectivity index (χ1) is 14.8. The van der Waals surface area contributed by atoms with E-state index in [9.17, 15) is 4.79 Å². The number of nitrogens with one attached hydrogen (secondary N) is 1. The summed E-state index contributed by atoms with van der Waals surface area (Å²) < 4.78 is 8.02. The Morgan fingerprint density at radius 2 is 2.17 bits per heavy atom. The summed E-state index contributed by atoms with van der Waals surface area (Å²) >= 11 is 3.29. The molecule has 4 heterocycles. The molecule has 154 valence electrons. The Hall–Kier alpha value is -2.49. The number of fused-ring (bicyclic) bond motifs is 1. The zero-order valence-corrected chi connectivity index (χ0v) is 17.9. The lowest BCUT2D eigenvalue weighted by Crippen LogP contribution is -2.16. The zero-order valence-electron chi connectivity index (χ0n) is 16.3. The molecule has 30 heavy (non-hydrogen) atoms. The third-order valence-electron chi connectivity index (χ3n) is 5.10. The van der Waals surface area contributed by atoms with Crippen LogP contribution < -0.4 is 5.56 Å². The molecule has 0 aliphatic carbocycles. The molecule has 1 N–H and O–H groups in total. The summed E-state index contributed by atoms with van der Waals surface area (Å²) in [5, 5.41) is 12.4. The van der Waals surface area contributed by atoms with Crippen LogP contribution in [0.25, 0.3) is 21.6 Å². The summed E-state index contributed by atoms with van der Waals surface area (Å²) in [6.07, 6.45) is 3.02. The summed E-state index contributed by atoms with van der Waals surface area (Å²) in [7, 11) is 0. The number of benzene rings is 1. The van der Waals surface area contributed by atoms with Gasteiger partial charge in [-0.15, -0.1) is 21.5 Å². The van der Waals surface area contributed by atoms with E-state index < -0.39 is 0 Å². The highest BCUT2D eigenvalue weighted by Crippen LogP contribution is 2.29. The average molecular weight is 440 g/mol. The Morgan fingerprint density at radius 1 is 1.23 bits per heavy atom. The minimum atomic E-state index is -0.0952. The molecule has 4 aromatic rings. The van der Waals surface area contributed by atoms with Crippen molar-refractivity contribution in [3.63, 3.8) is 0 Å². The van der Waals surface area contributed by atoms with Gasteiger partial charge in [0.15, 0.2) is 11.0 Å². The minimum absolute atomic E-state index is 0.0952. The van der Waals surface area contributed by atoms with Crippen LogP contribution in [0, 0.1) is 0 Å². The summed E-state index contributed by atoms with van der Waals surface area (Å²) in [4.78, 5) is 20.9. The van der Waals surface area contributed by atoms with Gasteiger partial charge >= 0.3 is 0 Å². The smallest absolute Gasteiger partial charge is 0.258 e. The van der Waals surface area contributed by atoms with Crippen LogP contribution in [0.15, 0.2) is 51.7 Å². The maximum atomic E-state index is 12.3. The van der Waals surface area contributed by atoms with E-state index in [1.165, 1.54) is 0 Å². The Kier molecular flexibility index (Phi) is 5.65. The van der Waals surface area contributed by atoms with Crippen molar-refractivity contribution < 1.29 is 4.74 Å². The Morgan fingerprint density at radius 3 is 3.00 bits per heavy atom. The molecule has 3 aromatic heterocycles. The van der Waals surface area contributed by atoms with Gasteiger partial charge in [0, 0.05) is 18.8 Å². The maximum Gasteiger partial charge on any atom is 0.258 e. The second-order valence-corrected chi connectivity index (χ2v) is 9.17. The Bertz CT molecular complexity index is 1200. The SMILES string of the molecule is O=c1[nH]c(CCSc2nnc(-c3cccs3)n2CC2CCCO2)nc2ccccc12. The van der Waals surface area contributed by atoms with Gasteiger partial charge in [0.25, 0.3) is 5.56 Å². The number of ether oxygens (including phenoxy) is 1. The number of aromatic amines is 1. The van der Waals surface area contributed by atoms with E-state index >= 15 is 0 Å². The quantitative estimate of drug-likeness (QED) is 0.441. The van der Waals surface area contributed by atoms with E-state index in [0.29, 0.717) is 17.6 Å².